The number of rotatable bonds is 1. The van der Waals surface area contributed by atoms with Gasteiger partial charge in [-0.3, -0.25) is 4.79 Å². The van der Waals surface area contributed by atoms with Gasteiger partial charge in [0.2, 0.25) is 6.09 Å². The van der Waals surface area contributed by atoms with E-state index in [1.165, 1.54) is 0 Å². The molecule has 0 unspecified atom stereocenters. The quantitative estimate of drug-likeness (QED) is 0.584. The van der Waals surface area contributed by atoms with Crippen LogP contribution in [0.5, 0.6) is 0 Å². The minimum Gasteiger partial charge on any atom is -0.518 e. The summed E-state index contributed by atoms with van der Waals surface area (Å²) >= 11 is 0. The molecule has 0 aliphatic carbocycles. The van der Waals surface area contributed by atoms with Crippen molar-refractivity contribution in [1.82, 2.24) is 0 Å². The summed E-state index contributed by atoms with van der Waals surface area (Å²) in [6.45, 7) is 10.4. The topological polar surface area (TPSA) is 69.9 Å². The molecule has 0 aromatic heterocycles. The molecule has 1 aromatic carbocycles. The minimum absolute atomic E-state index is 0. The minimum atomic E-state index is -0.859. The first-order chi connectivity index (χ1) is 9.98. The van der Waals surface area contributed by atoms with Crippen LogP contribution in [-0.4, -0.2) is 23.4 Å². The molecule has 23 heavy (non-hydrogen) atoms. The van der Waals surface area contributed by atoms with Gasteiger partial charge in [-0.1, -0.05) is 18.2 Å². The monoisotopic (exact) mass is 314 g/mol. The van der Waals surface area contributed by atoms with Crippen molar-refractivity contribution < 1.29 is 37.9 Å². The smallest absolute Gasteiger partial charge is 0.518 e. The van der Waals surface area contributed by atoms with E-state index in [0.717, 1.165) is 5.01 Å². The van der Waals surface area contributed by atoms with Gasteiger partial charge in [-0.25, -0.2) is 4.79 Å². The number of para-hydroxylation sites is 1. The van der Waals surface area contributed by atoms with E-state index in [4.69, 9.17) is 9.47 Å². The number of hydrogen-bond acceptors (Lipinski definition) is 4. The van der Waals surface area contributed by atoms with Crippen LogP contribution in [0.25, 0.3) is 5.43 Å². The molecule has 0 saturated carbocycles. The SMILES string of the molecule is CC(C)(C)OC(=O)[N-]N(C(=O)OC(C)(C)C)c1ccccc1.[Li+]. The average molecular weight is 314 g/mol. The molecule has 0 spiro atoms. The summed E-state index contributed by atoms with van der Waals surface area (Å²) < 4.78 is 10.4. The number of amides is 2. The number of nitrogens with zero attached hydrogens (tertiary/aromatic N) is 2. The number of benzene rings is 1. The standard InChI is InChI=1S/C16H24N2O4.Li/c1-15(2,3)21-13(19)17-18(12-10-8-7-9-11-12)14(20)22-16(4,5)6;/h7-11H,1-6H3,(H,17,19);/q;+1/p-1. The summed E-state index contributed by atoms with van der Waals surface area (Å²) in [6, 6.07) is 8.56. The predicted octanol–water partition coefficient (Wildman–Crippen LogP) is 1.66. The van der Waals surface area contributed by atoms with E-state index < -0.39 is 23.4 Å². The number of carbonyl (C=O) groups is 2. The molecule has 0 saturated heterocycles. The van der Waals surface area contributed by atoms with Crippen molar-refractivity contribution in [3.8, 4) is 0 Å². The van der Waals surface area contributed by atoms with Crippen molar-refractivity contribution >= 4 is 17.9 Å². The Labute approximate surface area is 149 Å². The van der Waals surface area contributed by atoms with Crippen molar-refractivity contribution in [3.05, 3.63) is 35.8 Å². The molecule has 2 amide bonds. The van der Waals surface area contributed by atoms with Crippen molar-refractivity contribution in [1.29, 1.82) is 0 Å². The molecule has 0 bridgehead atoms. The van der Waals surface area contributed by atoms with Crippen LogP contribution in [0, 0.1) is 0 Å². The van der Waals surface area contributed by atoms with E-state index in [0.29, 0.717) is 5.69 Å². The third-order valence-electron chi connectivity index (χ3n) is 2.14. The largest absolute Gasteiger partial charge is 1.00 e. The van der Waals surface area contributed by atoms with Crippen molar-refractivity contribution in [2.45, 2.75) is 52.7 Å². The Hall–Kier alpha value is -1.64. The van der Waals surface area contributed by atoms with E-state index in [1.807, 2.05) is 0 Å². The molecule has 122 valence electrons. The fraction of sp³-hybridized carbons (Fsp3) is 0.500. The number of anilines is 1. The van der Waals surface area contributed by atoms with Gasteiger partial charge in [0.1, 0.15) is 11.2 Å². The van der Waals surface area contributed by atoms with Crippen LogP contribution < -0.4 is 23.9 Å². The van der Waals surface area contributed by atoms with Gasteiger partial charge in [0.25, 0.3) is 0 Å². The van der Waals surface area contributed by atoms with Gasteiger partial charge < -0.3 is 19.9 Å². The van der Waals surface area contributed by atoms with Gasteiger partial charge in [-0.2, -0.15) is 0 Å². The van der Waals surface area contributed by atoms with Crippen molar-refractivity contribution in [2.75, 3.05) is 5.01 Å². The fourth-order valence-electron chi connectivity index (χ4n) is 1.44. The summed E-state index contributed by atoms with van der Waals surface area (Å²) in [5.74, 6) is 0. The molecule has 0 atom stereocenters. The molecule has 1 rings (SSSR count). The Bertz CT molecular complexity index is 521. The van der Waals surface area contributed by atoms with Gasteiger partial charge in [0.05, 0.1) is 0 Å². The average Bonchev–Trinajstić information content (AvgIpc) is 2.32. The van der Waals surface area contributed by atoms with Crippen LogP contribution in [0.15, 0.2) is 30.3 Å². The van der Waals surface area contributed by atoms with E-state index in [-0.39, 0.29) is 18.9 Å². The van der Waals surface area contributed by atoms with Gasteiger partial charge in [0.15, 0.2) is 0 Å². The summed E-state index contributed by atoms with van der Waals surface area (Å²) in [4.78, 5) is 24.1. The first kappa shape index (κ1) is 21.4. The van der Waals surface area contributed by atoms with Crippen molar-refractivity contribution in [2.24, 2.45) is 0 Å². The van der Waals surface area contributed by atoms with Crippen LogP contribution in [0.4, 0.5) is 15.3 Å². The second-order valence-electron chi connectivity index (χ2n) is 6.71. The summed E-state index contributed by atoms with van der Waals surface area (Å²) in [6.07, 6.45) is -1.60. The Morgan fingerprint density at radius 1 is 0.913 bits per heavy atom. The first-order valence-corrected chi connectivity index (χ1v) is 7.01. The Balaban J connectivity index is 0.00000484. The zero-order valence-corrected chi connectivity index (χ0v) is 14.9. The van der Waals surface area contributed by atoms with Gasteiger partial charge >= 0.3 is 25.0 Å². The van der Waals surface area contributed by atoms with Crippen LogP contribution in [0.2, 0.25) is 0 Å². The maximum Gasteiger partial charge on any atom is 1.00 e. The number of ether oxygens (including phenoxy) is 2. The molecular formula is C16H23LiN2O4. The normalized spacial score (nSPS) is 11.0. The van der Waals surface area contributed by atoms with E-state index in [2.05, 4.69) is 5.43 Å². The molecule has 0 aliphatic rings. The molecule has 1 aromatic rings. The second kappa shape index (κ2) is 8.28. The maximum absolute atomic E-state index is 12.3. The van der Waals surface area contributed by atoms with Crippen molar-refractivity contribution in [3.63, 3.8) is 0 Å². The zero-order valence-electron chi connectivity index (χ0n) is 14.9. The van der Waals surface area contributed by atoms with E-state index in [1.54, 1.807) is 71.9 Å². The van der Waals surface area contributed by atoms with Crippen LogP contribution in [0.3, 0.4) is 0 Å². The third kappa shape index (κ3) is 8.53. The Morgan fingerprint density at radius 3 is 1.83 bits per heavy atom. The summed E-state index contributed by atoms with van der Waals surface area (Å²) in [5, 5.41) is 0.902. The fourth-order valence-corrected chi connectivity index (χ4v) is 1.44. The number of carbonyl (C=O) groups excluding carboxylic acids is 2. The number of hydrogen-bond donors (Lipinski definition) is 0. The van der Waals surface area contributed by atoms with Crippen LogP contribution in [0.1, 0.15) is 41.5 Å². The predicted molar refractivity (Wildman–Crippen MR) is 84.7 cm³/mol. The van der Waals surface area contributed by atoms with Crippen LogP contribution >= 0.6 is 0 Å². The van der Waals surface area contributed by atoms with Gasteiger partial charge in [0, 0.05) is 5.69 Å². The molecule has 0 heterocycles. The van der Waals surface area contributed by atoms with Gasteiger partial charge in [-0.05, 0) is 53.7 Å². The molecule has 0 fully saturated rings. The Kier molecular flexibility index (Phi) is 7.69. The summed E-state index contributed by atoms with van der Waals surface area (Å²) in [7, 11) is 0. The molecule has 7 heteroatoms. The molecule has 0 N–H and O–H groups in total. The molecule has 6 nitrogen and oxygen atoms in total. The maximum atomic E-state index is 12.3. The first-order valence-electron chi connectivity index (χ1n) is 7.01. The van der Waals surface area contributed by atoms with Gasteiger partial charge in [-0.15, -0.1) is 0 Å². The van der Waals surface area contributed by atoms with Crippen LogP contribution in [-0.2, 0) is 9.47 Å². The zero-order chi connectivity index (χ0) is 17.0. The van der Waals surface area contributed by atoms with E-state index in [9.17, 15) is 9.59 Å². The van der Waals surface area contributed by atoms with E-state index >= 15 is 0 Å². The summed E-state index contributed by atoms with van der Waals surface area (Å²) in [5.41, 5.74) is 2.73. The molecule has 0 aliphatic heterocycles. The Morgan fingerprint density at radius 2 is 1.39 bits per heavy atom. The molecule has 0 radical (unpaired) electrons. The molecular weight excluding hydrogens is 291 g/mol. The third-order valence-corrected chi connectivity index (χ3v) is 2.14. The second-order valence-corrected chi connectivity index (χ2v) is 6.71.